The van der Waals surface area contributed by atoms with Gasteiger partial charge in [-0.1, -0.05) is 23.7 Å². The average molecular weight is 390 g/mol. The molecule has 3 rings (SSSR count). The Morgan fingerprint density at radius 3 is 2.74 bits per heavy atom. The van der Waals surface area contributed by atoms with Gasteiger partial charge in [0.1, 0.15) is 11.4 Å². The zero-order valence-corrected chi connectivity index (χ0v) is 15.1. The second kappa shape index (κ2) is 7.63. The lowest BCUT2D eigenvalue weighted by Crippen LogP contribution is -2.28. The monoisotopic (exact) mass is 389 g/mol. The average Bonchev–Trinajstić information content (AvgIpc) is 3.03. The quantitative estimate of drug-likeness (QED) is 0.624. The molecule has 0 aliphatic carbocycles. The predicted molar refractivity (Wildman–Crippen MR) is 100 cm³/mol. The lowest BCUT2D eigenvalue weighted by atomic mass is 10.1. The zero-order chi connectivity index (χ0) is 19.6. The summed E-state index contributed by atoms with van der Waals surface area (Å²) >= 11 is 6.13. The van der Waals surface area contributed by atoms with E-state index in [1.54, 1.807) is 24.3 Å². The van der Waals surface area contributed by atoms with Crippen LogP contribution in [0.3, 0.4) is 0 Å². The van der Waals surface area contributed by atoms with Gasteiger partial charge in [0.25, 0.3) is 5.69 Å². The minimum atomic E-state index is -0.653. The highest BCUT2D eigenvalue weighted by Crippen LogP contribution is 2.33. The number of carbonyl (C=O) groups excluding carboxylic acids is 2. The number of benzene rings is 2. The van der Waals surface area contributed by atoms with Crippen molar-refractivity contribution in [2.75, 3.05) is 23.9 Å². The first-order valence-electron chi connectivity index (χ1n) is 8.09. The Morgan fingerprint density at radius 1 is 1.33 bits per heavy atom. The van der Waals surface area contributed by atoms with E-state index in [2.05, 4.69) is 5.32 Å². The summed E-state index contributed by atoms with van der Waals surface area (Å²) in [4.78, 5) is 37.0. The van der Waals surface area contributed by atoms with E-state index in [0.29, 0.717) is 16.5 Å². The number of nitrogens with one attached hydrogen (secondary N) is 1. The Kier molecular flexibility index (Phi) is 5.27. The van der Waals surface area contributed by atoms with Gasteiger partial charge in [-0.2, -0.15) is 0 Å². The van der Waals surface area contributed by atoms with Crippen LogP contribution in [0.1, 0.15) is 6.42 Å². The van der Waals surface area contributed by atoms with Crippen molar-refractivity contribution in [2.45, 2.75) is 6.42 Å². The van der Waals surface area contributed by atoms with Crippen LogP contribution in [0.15, 0.2) is 42.5 Å². The molecule has 1 aliphatic rings. The Labute approximate surface area is 159 Å². The highest BCUT2D eigenvalue weighted by atomic mass is 35.5. The van der Waals surface area contributed by atoms with E-state index in [0.717, 1.165) is 0 Å². The molecule has 9 heteroatoms. The number of nitro groups is 1. The fraction of sp³-hybridized carbons (Fsp3) is 0.222. The summed E-state index contributed by atoms with van der Waals surface area (Å²) in [7, 11) is 1.42. The molecule has 0 aromatic heterocycles. The lowest BCUT2D eigenvalue weighted by Gasteiger charge is -2.18. The number of nitro benzene ring substituents is 1. The minimum absolute atomic E-state index is 0.00514. The van der Waals surface area contributed by atoms with Crippen LogP contribution in [0.2, 0.25) is 5.02 Å². The molecular formula is C18H16ClN3O5. The van der Waals surface area contributed by atoms with Crippen LogP contribution >= 0.6 is 11.6 Å². The number of carbonyl (C=O) groups is 2. The topological polar surface area (TPSA) is 102 Å². The molecule has 0 bridgehead atoms. The van der Waals surface area contributed by atoms with E-state index in [1.807, 2.05) is 0 Å². The molecular weight excluding hydrogens is 374 g/mol. The molecule has 1 atom stereocenters. The number of methoxy groups -OCH3 is 1. The number of amides is 2. The molecule has 2 amide bonds. The fourth-order valence-corrected chi connectivity index (χ4v) is 3.16. The summed E-state index contributed by atoms with van der Waals surface area (Å²) in [5, 5.41) is 14.1. The molecule has 1 saturated heterocycles. The summed E-state index contributed by atoms with van der Waals surface area (Å²) in [5.41, 5.74) is 0.302. The van der Waals surface area contributed by atoms with E-state index >= 15 is 0 Å². The van der Waals surface area contributed by atoms with Crippen LogP contribution in [-0.2, 0) is 9.59 Å². The third-order valence-corrected chi connectivity index (χ3v) is 4.62. The SMILES string of the molecule is COc1ccc([N+](=O)[O-])c(NC(=O)[C@@H]2CC(=O)N(c3ccccc3Cl)C2)c1. The molecule has 1 aliphatic heterocycles. The van der Waals surface area contributed by atoms with Gasteiger partial charge in [-0.15, -0.1) is 0 Å². The van der Waals surface area contributed by atoms with Crippen LogP contribution < -0.4 is 15.0 Å². The molecule has 27 heavy (non-hydrogen) atoms. The largest absolute Gasteiger partial charge is 0.497 e. The van der Waals surface area contributed by atoms with E-state index in [4.69, 9.17) is 16.3 Å². The fourth-order valence-electron chi connectivity index (χ4n) is 2.92. The minimum Gasteiger partial charge on any atom is -0.497 e. The maximum Gasteiger partial charge on any atom is 0.293 e. The van der Waals surface area contributed by atoms with Gasteiger partial charge in [0.15, 0.2) is 0 Å². The van der Waals surface area contributed by atoms with E-state index < -0.39 is 16.7 Å². The van der Waals surface area contributed by atoms with Gasteiger partial charge in [-0.05, 0) is 18.2 Å². The van der Waals surface area contributed by atoms with Crippen molar-refractivity contribution in [1.82, 2.24) is 0 Å². The van der Waals surface area contributed by atoms with E-state index in [1.165, 1.54) is 30.2 Å². The Hall–Kier alpha value is -3.13. The van der Waals surface area contributed by atoms with Crippen molar-refractivity contribution in [1.29, 1.82) is 0 Å². The number of ether oxygens (including phenoxy) is 1. The van der Waals surface area contributed by atoms with Crippen molar-refractivity contribution in [3.05, 3.63) is 57.6 Å². The van der Waals surface area contributed by atoms with E-state index in [9.17, 15) is 19.7 Å². The first kappa shape index (κ1) is 18.7. The van der Waals surface area contributed by atoms with Gasteiger partial charge in [0, 0.05) is 25.1 Å². The van der Waals surface area contributed by atoms with Crippen molar-refractivity contribution in [3.63, 3.8) is 0 Å². The van der Waals surface area contributed by atoms with Crippen LogP contribution in [0.25, 0.3) is 0 Å². The first-order chi connectivity index (χ1) is 12.9. The lowest BCUT2D eigenvalue weighted by molar-refractivity contribution is -0.383. The van der Waals surface area contributed by atoms with Gasteiger partial charge in [0.2, 0.25) is 11.8 Å². The van der Waals surface area contributed by atoms with Gasteiger partial charge in [0.05, 0.1) is 28.7 Å². The van der Waals surface area contributed by atoms with Crippen LogP contribution in [0.4, 0.5) is 17.1 Å². The number of rotatable bonds is 5. The molecule has 0 spiro atoms. The first-order valence-corrected chi connectivity index (χ1v) is 8.46. The summed E-state index contributed by atoms with van der Waals surface area (Å²) in [5.74, 6) is -0.992. The van der Waals surface area contributed by atoms with Gasteiger partial charge >= 0.3 is 0 Å². The van der Waals surface area contributed by atoms with Crippen molar-refractivity contribution < 1.29 is 19.2 Å². The Bertz CT molecular complexity index is 918. The van der Waals surface area contributed by atoms with Crippen molar-refractivity contribution >= 4 is 40.5 Å². The number of anilines is 2. The van der Waals surface area contributed by atoms with Gasteiger partial charge in [-0.25, -0.2) is 0 Å². The third-order valence-electron chi connectivity index (χ3n) is 4.30. The maximum atomic E-state index is 12.6. The molecule has 1 N–H and O–H groups in total. The van der Waals surface area contributed by atoms with Gasteiger partial charge in [-0.3, -0.25) is 19.7 Å². The summed E-state index contributed by atoms with van der Waals surface area (Å²) in [6.45, 7) is 0.145. The van der Waals surface area contributed by atoms with E-state index in [-0.39, 0.29) is 30.2 Å². The number of hydrogen-bond acceptors (Lipinski definition) is 5. The number of halogens is 1. The molecule has 1 fully saturated rings. The third kappa shape index (κ3) is 3.85. The summed E-state index contributed by atoms with van der Waals surface area (Å²) < 4.78 is 5.05. The molecule has 0 unspecified atom stereocenters. The highest BCUT2D eigenvalue weighted by Gasteiger charge is 2.36. The smallest absolute Gasteiger partial charge is 0.293 e. The molecule has 2 aromatic rings. The van der Waals surface area contributed by atoms with Crippen molar-refractivity contribution in [2.24, 2.45) is 5.92 Å². The molecule has 0 saturated carbocycles. The Morgan fingerprint density at radius 2 is 2.07 bits per heavy atom. The predicted octanol–water partition coefficient (Wildman–Crippen LogP) is 3.25. The second-order valence-corrected chi connectivity index (χ2v) is 6.39. The number of hydrogen-bond donors (Lipinski definition) is 1. The van der Waals surface area contributed by atoms with Crippen LogP contribution in [-0.4, -0.2) is 30.4 Å². The summed E-state index contributed by atoms with van der Waals surface area (Å²) in [6.07, 6.45) is -0.00514. The van der Waals surface area contributed by atoms with Crippen molar-refractivity contribution in [3.8, 4) is 5.75 Å². The molecule has 2 aromatic carbocycles. The maximum absolute atomic E-state index is 12.6. The molecule has 0 radical (unpaired) electrons. The van der Waals surface area contributed by atoms with Crippen LogP contribution in [0.5, 0.6) is 5.75 Å². The standard InChI is InChI=1S/C18H16ClN3O5/c1-27-12-6-7-16(22(25)26)14(9-12)20-18(24)11-8-17(23)21(10-11)15-5-3-2-4-13(15)19/h2-7,9,11H,8,10H2,1H3,(H,20,24)/t11-/m1/s1. The second-order valence-electron chi connectivity index (χ2n) is 5.99. The molecule has 1 heterocycles. The molecule has 140 valence electrons. The molecule has 8 nitrogen and oxygen atoms in total. The normalized spacial score (nSPS) is 16.3. The highest BCUT2D eigenvalue weighted by molar-refractivity contribution is 6.33. The number of para-hydroxylation sites is 1. The summed E-state index contributed by atoms with van der Waals surface area (Å²) in [6, 6.07) is 10.9. The zero-order valence-electron chi connectivity index (χ0n) is 14.3. The number of nitrogens with zero attached hydrogens (tertiary/aromatic N) is 2. The van der Waals surface area contributed by atoms with Gasteiger partial charge < -0.3 is 15.0 Å². The van der Waals surface area contributed by atoms with Crippen LogP contribution in [0, 0.1) is 16.0 Å². The Balaban J connectivity index is 1.79.